The van der Waals surface area contributed by atoms with E-state index in [9.17, 15) is 0 Å². The van der Waals surface area contributed by atoms with Crippen molar-refractivity contribution in [2.24, 2.45) is 0 Å². The van der Waals surface area contributed by atoms with Gasteiger partial charge in [-0.2, -0.15) is 0 Å². The lowest BCUT2D eigenvalue weighted by Crippen LogP contribution is -2.34. The predicted octanol–water partition coefficient (Wildman–Crippen LogP) is 4.64. The second-order valence-corrected chi connectivity index (χ2v) is 7.70. The third kappa shape index (κ3) is 6.59. The predicted molar refractivity (Wildman–Crippen MR) is 92.7 cm³/mol. The Morgan fingerprint density at radius 3 is 2.71 bits per heavy atom. The highest BCUT2D eigenvalue weighted by Crippen LogP contribution is 2.13. The third-order valence-electron chi connectivity index (χ3n) is 3.52. The van der Waals surface area contributed by atoms with E-state index in [4.69, 9.17) is 9.16 Å². The highest BCUT2D eigenvalue weighted by Gasteiger charge is 2.21. The summed E-state index contributed by atoms with van der Waals surface area (Å²) >= 11 is 0. The minimum atomic E-state index is -0.848. The van der Waals surface area contributed by atoms with E-state index in [1.165, 1.54) is 17.5 Å². The van der Waals surface area contributed by atoms with Gasteiger partial charge in [0.1, 0.15) is 0 Å². The van der Waals surface area contributed by atoms with Gasteiger partial charge in [0.2, 0.25) is 9.04 Å². The minimum Gasteiger partial charge on any atom is -0.414 e. The molecule has 1 atom stereocenters. The lowest BCUT2D eigenvalue weighted by molar-refractivity contribution is 0.108. The maximum atomic E-state index is 6.14. The maximum Gasteiger partial charge on any atom is 0.241 e. The molecule has 1 aromatic rings. The highest BCUT2D eigenvalue weighted by atomic mass is 28.3. The van der Waals surface area contributed by atoms with Crippen LogP contribution in [0.5, 0.6) is 0 Å². The zero-order valence-electron chi connectivity index (χ0n) is 13.7. The number of rotatable bonds is 11. The summed E-state index contributed by atoms with van der Waals surface area (Å²) in [6.07, 6.45) is 5.21. The van der Waals surface area contributed by atoms with Gasteiger partial charge in [0, 0.05) is 13.2 Å². The third-order valence-corrected chi connectivity index (χ3v) is 6.16. The van der Waals surface area contributed by atoms with Crippen LogP contribution in [0.2, 0.25) is 6.04 Å². The molecule has 1 radical (unpaired) electrons. The molecule has 0 saturated heterocycles. The second-order valence-electron chi connectivity index (χ2n) is 5.17. The van der Waals surface area contributed by atoms with Crippen molar-refractivity contribution in [2.45, 2.75) is 51.8 Å². The number of benzene rings is 1. The van der Waals surface area contributed by atoms with Crippen molar-refractivity contribution < 1.29 is 9.16 Å². The molecule has 0 aliphatic carbocycles. The Labute approximate surface area is 131 Å². The average molecular weight is 306 g/mol. The summed E-state index contributed by atoms with van der Waals surface area (Å²) in [5.74, 6) is 0. The first-order valence-corrected chi connectivity index (χ1v) is 9.72. The van der Waals surface area contributed by atoms with Crippen LogP contribution >= 0.6 is 0 Å². The Hall–Kier alpha value is -0.903. The molecule has 1 unspecified atom stereocenters. The van der Waals surface area contributed by atoms with Crippen LogP contribution < -0.4 is 0 Å². The number of hydrogen-bond acceptors (Lipinski definition) is 2. The van der Waals surface area contributed by atoms with Crippen LogP contribution in [0.15, 0.2) is 30.8 Å². The molecule has 3 heteroatoms. The monoisotopic (exact) mass is 305 g/mol. The van der Waals surface area contributed by atoms with Crippen molar-refractivity contribution in [3.8, 4) is 0 Å². The molecule has 0 heterocycles. The van der Waals surface area contributed by atoms with Gasteiger partial charge in [-0.25, -0.2) is 0 Å². The van der Waals surface area contributed by atoms with Crippen LogP contribution in [0.1, 0.15) is 44.7 Å². The molecule has 1 rings (SSSR count). The number of aryl methyl sites for hydroxylation is 1. The van der Waals surface area contributed by atoms with Gasteiger partial charge in [0.05, 0.1) is 5.73 Å². The van der Waals surface area contributed by atoms with Gasteiger partial charge < -0.3 is 9.16 Å². The zero-order chi connectivity index (χ0) is 15.5. The smallest absolute Gasteiger partial charge is 0.241 e. The highest BCUT2D eigenvalue weighted by molar-refractivity contribution is 6.53. The van der Waals surface area contributed by atoms with Gasteiger partial charge in [0.15, 0.2) is 0 Å². The topological polar surface area (TPSA) is 18.5 Å². The van der Waals surface area contributed by atoms with Crippen molar-refractivity contribution >= 4 is 15.1 Å². The Kier molecular flexibility index (Phi) is 9.31. The fourth-order valence-corrected chi connectivity index (χ4v) is 4.45. The van der Waals surface area contributed by atoms with Crippen molar-refractivity contribution in [1.29, 1.82) is 0 Å². The molecule has 0 bridgehead atoms. The molecule has 0 amide bonds. The molecule has 0 saturated carbocycles. The first-order chi connectivity index (χ1) is 10.2. The summed E-state index contributed by atoms with van der Waals surface area (Å²) in [5.41, 5.74) is 2.87. The van der Waals surface area contributed by atoms with Crippen LogP contribution in [0.3, 0.4) is 0 Å². The maximum absolute atomic E-state index is 6.14. The summed E-state index contributed by atoms with van der Waals surface area (Å²) in [6.45, 7) is 11.9. The van der Waals surface area contributed by atoms with Crippen LogP contribution in [0.25, 0.3) is 6.08 Å². The molecular weight excluding hydrogens is 276 g/mol. The molecule has 0 aliphatic heterocycles. The van der Waals surface area contributed by atoms with E-state index < -0.39 is 9.04 Å². The normalized spacial score (nSPS) is 12.6. The Bertz CT molecular complexity index is 406. The quantitative estimate of drug-likeness (QED) is 0.438. The number of hydrogen-bond donors (Lipinski definition) is 0. The average Bonchev–Trinajstić information content (AvgIpc) is 2.51. The molecule has 0 spiro atoms. The van der Waals surface area contributed by atoms with Crippen LogP contribution in [-0.2, 0) is 15.6 Å². The van der Waals surface area contributed by atoms with Crippen molar-refractivity contribution in [3.63, 3.8) is 0 Å². The van der Waals surface area contributed by atoms with E-state index in [0.717, 1.165) is 32.1 Å². The zero-order valence-corrected chi connectivity index (χ0v) is 14.7. The molecule has 0 fully saturated rings. The molecule has 1 aromatic carbocycles. The van der Waals surface area contributed by atoms with Crippen LogP contribution in [-0.4, -0.2) is 28.0 Å². The Morgan fingerprint density at radius 1 is 1.29 bits per heavy atom. The van der Waals surface area contributed by atoms with Crippen molar-refractivity contribution in [2.75, 3.05) is 13.2 Å². The summed E-state index contributed by atoms with van der Waals surface area (Å²) in [4.78, 5) is 0. The summed E-state index contributed by atoms with van der Waals surface area (Å²) in [7, 11) is -0.848. The second kappa shape index (κ2) is 10.8. The molecule has 0 N–H and O–H groups in total. The first-order valence-electron chi connectivity index (χ1n) is 8.03. The van der Waals surface area contributed by atoms with E-state index in [-0.39, 0.29) is 5.73 Å². The lowest BCUT2D eigenvalue weighted by atomic mass is 10.0. The van der Waals surface area contributed by atoms with Crippen molar-refractivity contribution in [1.82, 2.24) is 0 Å². The molecule has 21 heavy (non-hydrogen) atoms. The molecule has 0 aromatic heterocycles. The van der Waals surface area contributed by atoms with E-state index >= 15 is 0 Å². The summed E-state index contributed by atoms with van der Waals surface area (Å²) < 4.78 is 11.9. The van der Waals surface area contributed by atoms with E-state index in [2.05, 4.69) is 44.7 Å². The minimum absolute atomic E-state index is 0.278. The molecule has 2 nitrogen and oxygen atoms in total. The van der Waals surface area contributed by atoms with Crippen LogP contribution in [0.4, 0.5) is 0 Å². The van der Waals surface area contributed by atoms with Gasteiger partial charge >= 0.3 is 0 Å². The van der Waals surface area contributed by atoms with Gasteiger partial charge in [-0.05, 0) is 43.9 Å². The Balaban J connectivity index is 2.38. The Morgan fingerprint density at radius 2 is 2.05 bits per heavy atom. The SMILES string of the molecule is C=Cc1ccccc1CCCO[Si](CCC)C(C)OCC. The molecule has 117 valence electrons. The molecular formula is C18H29O2Si. The van der Waals surface area contributed by atoms with Crippen molar-refractivity contribution in [3.05, 3.63) is 42.0 Å². The standard InChI is InChI=1S/C18H29O2Si/c1-5-15-21(16(4)19-7-3)20-14-10-13-18-12-9-8-11-17(18)6-2/h6,8-9,11-12,16H,2,5,7,10,13-15H2,1,3-4H3. The van der Waals surface area contributed by atoms with Gasteiger partial charge in [0.25, 0.3) is 0 Å². The van der Waals surface area contributed by atoms with Gasteiger partial charge in [-0.15, -0.1) is 0 Å². The number of ether oxygens (including phenoxy) is 1. The largest absolute Gasteiger partial charge is 0.414 e. The molecule has 0 aliphatic rings. The first kappa shape index (κ1) is 18.1. The van der Waals surface area contributed by atoms with Crippen LogP contribution in [0, 0.1) is 0 Å². The van der Waals surface area contributed by atoms with Gasteiger partial charge in [-0.3, -0.25) is 0 Å². The van der Waals surface area contributed by atoms with E-state index in [1.807, 2.05) is 13.0 Å². The van der Waals surface area contributed by atoms with Gasteiger partial charge in [-0.1, -0.05) is 50.3 Å². The van der Waals surface area contributed by atoms with E-state index in [0.29, 0.717) is 0 Å². The fourth-order valence-electron chi connectivity index (χ4n) is 2.41. The lowest BCUT2D eigenvalue weighted by Gasteiger charge is -2.21. The van der Waals surface area contributed by atoms with E-state index in [1.54, 1.807) is 0 Å². The summed E-state index contributed by atoms with van der Waals surface area (Å²) in [5, 5.41) is 0. The fraction of sp³-hybridized carbons (Fsp3) is 0.556. The summed E-state index contributed by atoms with van der Waals surface area (Å²) in [6, 6.07) is 9.61.